The number of carbonyl (C=O) groups is 1. The molecule has 8 nitrogen and oxygen atoms in total. The number of aromatic nitrogens is 3. The summed E-state index contributed by atoms with van der Waals surface area (Å²) in [4.78, 5) is 16.8. The summed E-state index contributed by atoms with van der Waals surface area (Å²) in [6.45, 7) is 3.77. The van der Waals surface area contributed by atoms with Crippen LogP contribution in [0.15, 0.2) is 71.9 Å². The molecule has 0 unspecified atom stereocenters. The van der Waals surface area contributed by atoms with Crippen LogP contribution in [0.1, 0.15) is 21.5 Å². The number of hydrogen-bond donors (Lipinski definition) is 2. The highest BCUT2D eigenvalue weighted by Gasteiger charge is 2.17. The van der Waals surface area contributed by atoms with Gasteiger partial charge in [-0.3, -0.25) is 9.52 Å². The molecule has 0 aliphatic heterocycles. The molecule has 4 rings (SSSR count). The lowest BCUT2D eigenvalue weighted by atomic mass is 10.1. The first-order valence-electron chi connectivity index (χ1n) is 9.14. The summed E-state index contributed by atoms with van der Waals surface area (Å²) in [6.07, 6.45) is 3.15. The Morgan fingerprint density at radius 1 is 0.967 bits per heavy atom. The molecule has 0 fully saturated rings. The van der Waals surface area contributed by atoms with Crippen LogP contribution in [0.2, 0.25) is 0 Å². The van der Waals surface area contributed by atoms with Gasteiger partial charge in [0.15, 0.2) is 5.65 Å². The van der Waals surface area contributed by atoms with E-state index < -0.39 is 10.0 Å². The smallest absolute Gasteiger partial charge is 0.261 e. The highest BCUT2D eigenvalue weighted by Crippen LogP contribution is 2.22. The van der Waals surface area contributed by atoms with Gasteiger partial charge in [-0.2, -0.15) is 9.61 Å². The van der Waals surface area contributed by atoms with E-state index in [1.807, 2.05) is 19.9 Å². The minimum Gasteiger partial charge on any atom is -0.306 e. The Morgan fingerprint density at radius 3 is 2.50 bits per heavy atom. The number of sulfonamides is 1. The third-order valence-electron chi connectivity index (χ3n) is 4.81. The highest BCUT2D eigenvalue weighted by molar-refractivity contribution is 7.92. The van der Waals surface area contributed by atoms with Gasteiger partial charge in [0.1, 0.15) is 5.82 Å². The number of rotatable bonds is 5. The van der Waals surface area contributed by atoms with Crippen molar-refractivity contribution < 1.29 is 13.2 Å². The van der Waals surface area contributed by atoms with Crippen LogP contribution in [0.4, 0.5) is 11.5 Å². The second kappa shape index (κ2) is 7.60. The Bertz CT molecular complexity index is 1340. The molecule has 0 radical (unpaired) electrons. The zero-order valence-electron chi connectivity index (χ0n) is 16.3. The third-order valence-corrected chi connectivity index (χ3v) is 6.19. The fourth-order valence-corrected chi connectivity index (χ4v) is 4.09. The van der Waals surface area contributed by atoms with E-state index >= 15 is 0 Å². The standard InChI is InChI=1S/C21H19N5O3S/c1-14-4-3-5-18(15(14)2)25-30(28,29)17-8-6-16(7-9-17)21(27)24-20-10-12-22-19-11-13-23-26(19)20/h3-13,25H,1-2H3,(H,24,27). The van der Waals surface area contributed by atoms with Crippen LogP contribution in [0.3, 0.4) is 0 Å². The van der Waals surface area contributed by atoms with Crippen LogP contribution in [-0.2, 0) is 10.0 Å². The SMILES string of the molecule is Cc1cccc(NS(=O)(=O)c2ccc(C(=O)Nc3ccnc4ccnn34)cc2)c1C. The minimum absolute atomic E-state index is 0.0679. The van der Waals surface area contributed by atoms with Crippen molar-refractivity contribution in [3.63, 3.8) is 0 Å². The van der Waals surface area contributed by atoms with Gasteiger partial charge in [0.05, 0.1) is 16.8 Å². The minimum atomic E-state index is -3.78. The molecular weight excluding hydrogens is 402 g/mol. The molecule has 1 amide bonds. The maximum Gasteiger partial charge on any atom is 0.261 e. The molecule has 2 aromatic carbocycles. The van der Waals surface area contributed by atoms with Gasteiger partial charge in [-0.15, -0.1) is 0 Å². The number of amides is 1. The number of hydrogen-bond acceptors (Lipinski definition) is 5. The van der Waals surface area contributed by atoms with Crippen molar-refractivity contribution in [3.05, 3.63) is 83.7 Å². The maximum absolute atomic E-state index is 12.7. The second-order valence-electron chi connectivity index (χ2n) is 6.76. The Hall–Kier alpha value is -3.72. The number of aryl methyl sites for hydroxylation is 1. The fourth-order valence-electron chi connectivity index (χ4n) is 2.97. The van der Waals surface area contributed by atoms with Crippen LogP contribution in [0, 0.1) is 13.8 Å². The molecule has 0 atom stereocenters. The number of nitrogens with zero attached hydrogens (tertiary/aromatic N) is 3. The van der Waals surface area contributed by atoms with Crippen molar-refractivity contribution >= 4 is 33.1 Å². The topological polar surface area (TPSA) is 105 Å². The number of nitrogens with one attached hydrogen (secondary N) is 2. The van der Waals surface area contributed by atoms with Crippen LogP contribution in [0.25, 0.3) is 5.65 Å². The number of carbonyl (C=O) groups excluding carboxylic acids is 1. The average molecular weight is 421 g/mol. The zero-order valence-corrected chi connectivity index (χ0v) is 17.1. The van der Waals surface area contributed by atoms with Gasteiger partial charge >= 0.3 is 0 Å². The van der Waals surface area contributed by atoms with Crippen LogP contribution >= 0.6 is 0 Å². The molecule has 2 heterocycles. The quantitative estimate of drug-likeness (QED) is 0.514. The van der Waals surface area contributed by atoms with E-state index in [-0.39, 0.29) is 10.8 Å². The van der Waals surface area contributed by atoms with Gasteiger partial charge < -0.3 is 5.32 Å². The summed E-state index contributed by atoms with van der Waals surface area (Å²) in [5, 5.41) is 6.87. The Morgan fingerprint density at radius 2 is 1.73 bits per heavy atom. The fraction of sp³-hybridized carbons (Fsp3) is 0.0952. The molecule has 0 spiro atoms. The molecule has 0 aliphatic rings. The van der Waals surface area contributed by atoms with Gasteiger partial charge in [0.2, 0.25) is 0 Å². The van der Waals surface area contributed by atoms with E-state index in [1.165, 1.54) is 28.8 Å². The van der Waals surface area contributed by atoms with Gasteiger partial charge in [0.25, 0.3) is 15.9 Å². The van der Waals surface area contributed by atoms with Crippen molar-refractivity contribution in [1.29, 1.82) is 0 Å². The lowest BCUT2D eigenvalue weighted by molar-refractivity contribution is 0.102. The van der Waals surface area contributed by atoms with Crippen LogP contribution < -0.4 is 10.0 Å². The van der Waals surface area contributed by atoms with Gasteiger partial charge in [-0.05, 0) is 61.4 Å². The third kappa shape index (κ3) is 3.74. The summed E-state index contributed by atoms with van der Waals surface area (Å²) < 4.78 is 29.6. The first-order valence-corrected chi connectivity index (χ1v) is 10.6. The summed E-state index contributed by atoms with van der Waals surface area (Å²) >= 11 is 0. The van der Waals surface area contributed by atoms with Crippen molar-refractivity contribution in [2.24, 2.45) is 0 Å². The Kier molecular flexibility index (Phi) is 4.96. The first-order chi connectivity index (χ1) is 14.3. The second-order valence-corrected chi connectivity index (χ2v) is 8.45. The van der Waals surface area contributed by atoms with E-state index in [9.17, 15) is 13.2 Å². The summed E-state index contributed by atoms with van der Waals surface area (Å²) in [7, 11) is -3.78. The van der Waals surface area contributed by atoms with Gasteiger partial charge in [-0.25, -0.2) is 13.4 Å². The summed E-state index contributed by atoms with van der Waals surface area (Å²) in [5.74, 6) is 0.0766. The molecular formula is C21H19N5O3S. The molecule has 4 aromatic rings. The predicted molar refractivity (Wildman–Crippen MR) is 114 cm³/mol. The van der Waals surface area contributed by atoms with E-state index in [1.54, 1.807) is 36.7 Å². The molecule has 9 heteroatoms. The molecule has 0 bridgehead atoms. The van der Waals surface area contributed by atoms with Crippen molar-refractivity contribution in [3.8, 4) is 0 Å². The summed E-state index contributed by atoms with van der Waals surface area (Å²) in [5.41, 5.74) is 3.30. The van der Waals surface area contributed by atoms with Crippen molar-refractivity contribution in [2.75, 3.05) is 10.0 Å². The molecule has 0 aliphatic carbocycles. The Balaban J connectivity index is 1.54. The number of anilines is 2. The lowest BCUT2D eigenvalue weighted by Crippen LogP contribution is -2.16. The normalized spacial score (nSPS) is 11.4. The lowest BCUT2D eigenvalue weighted by Gasteiger charge is -2.12. The maximum atomic E-state index is 12.7. The molecule has 2 N–H and O–H groups in total. The summed E-state index contributed by atoms with van der Waals surface area (Å²) in [6, 6.07) is 14.5. The van der Waals surface area contributed by atoms with Crippen molar-refractivity contribution in [2.45, 2.75) is 18.7 Å². The highest BCUT2D eigenvalue weighted by atomic mass is 32.2. The first kappa shape index (κ1) is 19.6. The van der Waals surface area contributed by atoms with Crippen LogP contribution in [0.5, 0.6) is 0 Å². The van der Waals surface area contributed by atoms with E-state index in [0.29, 0.717) is 22.7 Å². The van der Waals surface area contributed by atoms with Gasteiger partial charge in [0, 0.05) is 17.8 Å². The zero-order chi connectivity index (χ0) is 21.3. The van der Waals surface area contributed by atoms with Crippen molar-refractivity contribution in [1.82, 2.24) is 14.6 Å². The van der Waals surface area contributed by atoms with Gasteiger partial charge in [-0.1, -0.05) is 12.1 Å². The molecule has 0 saturated carbocycles. The van der Waals surface area contributed by atoms with E-state index in [2.05, 4.69) is 20.1 Å². The Labute approximate surface area is 173 Å². The average Bonchev–Trinajstić information content (AvgIpc) is 3.21. The van der Waals surface area contributed by atoms with E-state index in [4.69, 9.17) is 0 Å². The molecule has 152 valence electrons. The molecule has 30 heavy (non-hydrogen) atoms. The largest absolute Gasteiger partial charge is 0.306 e. The van der Waals surface area contributed by atoms with Crippen LogP contribution in [-0.4, -0.2) is 28.9 Å². The van der Waals surface area contributed by atoms with E-state index in [0.717, 1.165) is 11.1 Å². The monoisotopic (exact) mass is 421 g/mol. The molecule has 2 aromatic heterocycles. The predicted octanol–water partition coefficient (Wildman–Crippen LogP) is 3.40. The number of benzene rings is 2. The number of fused-ring (bicyclic) bond motifs is 1. The molecule has 0 saturated heterocycles.